The molecule has 0 unspecified atom stereocenters. The van der Waals surface area contributed by atoms with Crippen LogP contribution in [0.25, 0.3) is 27.5 Å². The van der Waals surface area contributed by atoms with Crippen molar-refractivity contribution in [3.8, 4) is 11.3 Å². The molecular formula is C25H21N3O. The first-order valence-electron chi connectivity index (χ1n) is 9.73. The van der Waals surface area contributed by atoms with E-state index in [-0.39, 0.29) is 5.56 Å². The molecule has 142 valence electrons. The Balaban J connectivity index is 1.60. The van der Waals surface area contributed by atoms with Crippen LogP contribution >= 0.6 is 0 Å². The van der Waals surface area contributed by atoms with Gasteiger partial charge in [-0.15, -0.1) is 0 Å². The molecule has 0 atom stereocenters. The lowest BCUT2D eigenvalue weighted by molar-refractivity contribution is 0.742. The molecule has 5 aromatic rings. The van der Waals surface area contributed by atoms with Crippen molar-refractivity contribution in [2.75, 3.05) is 0 Å². The van der Waals surface area contributed by atoms with Gasteiger partial charge in [-0.2, -0.15) is 5.10 Å². The molecule has 0 aliphatic carbocycles. The molecule has 4 nitrogen and oxygen atoms in total. The summed E-state index contributed by atoms with van der Waals surface area (Å²) >= 11 is 0. The molecule has 0 aliphatic rings. The maximum atomic E-state index is 13.1. The number of hydrogen-bond acceptors (Lipinski definition) is 2. The van der Waals surface area contributed by atoms with Gasteiger partial charge in [0.25, 0.3) is 5.56 Å². The molecule has 0 fully saturated rings. The number of rotatable bonds is 3. The molecule has 0 radical (unpaired) electrons. The third-order valence-electron chi connectivity index (χ3n) is 5.59. The van der Waals surface area contributed by atoms with Crippen LogP contribution in [-0.4, -0.2) is 14.2 Å². The van der Waals surface area contributed by atoms with E-state index in [1.165, 1.54) is 11.1 Å². The number of aromatic nitrogens is 3. The van der Waals surface area contributed by atoms with E-state index in [4.69, 9.17) is 0 Å². The highest BCUT2D eigenvalue weighted by Crippen LogP contribution is 2.27. The largest absolute Gasteiger partial charge is 0.308 e. The third kappa shape index (κ3) is 3.03. The number of fused-ring (bicyclic) bond motifs is 2. The van der Waals surface area contributed by atoms with Gasteiger partial charge in [-0.3, -0.25) is 4.79 Å². The van der Waals surface area contributed by atoms with Gasteiger partial charge >= 0.3 is 0 Å². The molecule has 0 aliphatic heterocycles. The highest BCUT2D eigenvalue weighted by Gasteiger charge is 2.11. The lowest BCUT2D eigenvalue weighted by Crippen LogP contribution is -2.21. The molecule has 29 heavy (non-hydrogen) atoms. The first-order valence-corrected chi connectivity index (χ1v) is 9.73. The zero-order chi connectivity index (χ0) is 20.0. The first kappa shape index (κ1) is 17.4. The third-order valence-corrected chi connectivity index (χ3v) is 5.59. The Bertz CT molecular complexity index is 1420. The van der Waals surface area contributed by atoms with E-state index >= 15 is 0 Å². The molecule has 4 heteroatoms. The van der Waals surface area contributed by atoms with Crippen molar-refractivity contribution in [1.82, 2.24) is 14.2 Å². The summed E-state index contributed by atoms with van der Waals surface area (Å²) in [5.41, 5.74) is 6.00. The van der Waals surface area contributed by atoms with Crippen LogP contribution in [0.1, 0.15) is 16.7 Å². The molecule has 2 aromatic heterocycles. The number of benzene rings is 3. The standard InChI is InChI=1S/C25H21N3O/c1-17-10-11-19(14-18(17)2)16-27-12-13-28-24(25(27)29)15-23(26-28)22-9-5-7-20-6-3-4-8-21(20)22/h3-15H,16H2,1-2H3. The van der Waals surface area contributed by atoms with Crippen LogP contribution in [0.4, 0.5) is 0 Å². The van der Waals surface area contributed by atoms with Crippen molar-refractivity contribution in [3.63, 3.8) is 0 Å². The average Bonchev–Trinajstić information content (AvgIpc) is 3.17. The Hall–Kier alpha value is -3.66. The summed E-state index contributed by atoms with van der Waals surface area (Å²) in [6, 6.07) is 22.6. The van der Waals surface area contributed by atoms with Crippen LogP contribution in [0.5, 0.6) is 0 Å². The van der Waals surface area contributed by atoms with Gasteiger partial charge in [-0.05, 0) is 47.4 Å². The second kappa shape index (κ2) is 6.74. The van der Waals surface area contributed by atoms with Gasteiger partial charge in [0.1, 0.15) is 5.52 Å². The van der Waals surface area contributed by atoms with Crippen molar-refractivity contribution in [2.24, 2.45) is 0 Å². The van der Waals surface area contributed by atoms with Crippen molar-refractivity contribution < 1.29 is 0 Å². The van der Waals surface area contributed by atoms with Crippen LogP contribution in [0, 0.1) is 13.8 Å². The fourth-order valence-electron chi connectivity index (χ4n) is 3.83. The molecule has 5 rings (SSSR count). The van der Waals surface area contributed by atoms with E-state index in [1.54, 1.807) is 9.08 Å². The first-order chi connectivity index (χ1) is 14.1. The Labute approximate surface area is 168 Å². The normalized spacial score (nSPS) is 11.4. The molecule has 0 bridgehead atoms. The molecule has 0 spiro atoms. The summed E-state index contributed by atoms with van der Waals surface area (Å²) in [5.74, 6) is 0. The number of aryl methyl sites for hydroxylation is 2. The fourth-order valence-corrected chi connectivity index (χ4v) is 3.83. The van der Waals surface area contributed by atoms with Crippen LogP contribution in [-0.2, 0) is 6.54 Å². The molecule has 0 saturated carbocycles. The summed E-state index contributed by atoms with van der Waals surface area (Å²) in [6.45, 7) is 4.74. The average molecular weight is 379 g/mol. The summed E-state index contributed by atoms with van der Waals surface area (Å²) in [7, 11) is 0. The minimum atomic E-state index is -0.0373. The quantitative estimate of drug-likeness (QED) is 0.443. The van der Waals surface area contributed by atoms with Crippen molar-refractivity contribution in [1.29, 1.82) is 0 Å². The Morgan fingerprint density at radius 1 is 0.862 bits per heavy atom. The second-order valence-electron chi connectivity index (χ2n) is 7.54. The fraction of sp³-hybridized carbons (Fsp3) is 0.120. The van der Waals surface area contributed by atoms with E-state index in [9.17, 15) is 4.79 Å². The van der Waals surface area contributed by atoms with Gasteiger partial charge in [0.2, 0.25) is 0 Å². The highest BCUT2D eigenvalue weighted by molar-refractivity contribution is 5.96. The van der Waals surface area contributed by atoms with E-state index < -0.39 is 0 Å². The van der Waals surface area contributed by atoms with Gasteiger partial charge in [0, 0.05) is 18.0 Å². The zero-order valence-corrected chi connectivity index (χ0v) is 16.5. The summed E-state index contributed by atoms with van der Waals surface area (Å²) in [6.07, 6.45) is 3.66. The topological polar surface area (TPSA) is 39.3 Å². The minimum Gasteiger partial charge on any atom is -0.308 e. The zero-order valence-electron chi connectivity index (χ0n) is 16.5. The van der Waals surface area contributed by atoms with E-state index in [0.29, 0.717) is 12.1 Å². The van der Waals surface area contributed by atoms with E-state index in [1.807, 2.05) is 36.7 Å². The van der Waals surface area contributed by atoms with Gasteiger partial charge in [0.05, 0.1) is 12.2 Å². The summed E-state index contributed by atoms with van der Waals surface area (Å²) in [5, 5.41) is 6.97. The Kier molecular flexibility index (Phi) is 4.06. The molecule has 2 heterocycles. The van der Waals surface area contributed by atoms with Gasteiger partial charge in [-0.1, -0.05) is 60.7 Å². The van der Waals surface area contributed by atoms with Gasteiger partial charge < -0.3 is 4.57 Å². The second-order valence-corrected chi connectivity index (χ2v) is 7.54. The highest BCUT2D eigenvalue weighted by atomic mass is 16.1. The molecule has 0 N–H and O–H groups in total. The Morgan fingerprint density at radius 3 is 2.55 bits per heavy atom. The maximum Gasteiger partial charge on any atom is 0.276 e. The summed E-state index contributed by atoms with van der Waals surface area (Å²) < 4.78 is 3.42. The predicted octanol–water partition coefficient (Wildman–Crippen LogP) is 4.98. The van der Waals surface area contributed by atoms with Crippen LogP contribution < -0.4 is 5.56 Å². The molecule has 3 aromatic carbocycles. The Morgan fingerprint density at radius 2 is 1.69 bits per heavy atom. The summed E-state index contributed by atoms with van der Waals surface area (Å²) in [4.78, 5) is 13.1. The lowest BCUT2D eigenvalue weighted by atomic mass is 10.0. The van der Waals surface area contributed by atoms with Crippen LogP contribution in [0.2, 0.25) is 0 Å². The lowest BCUT2D eigenvalue weighted by Gasteiger charge is -2.08. The van der Waals surface area contributed by atoms with Crippen LogP contribution in [0.15, 0.2) is 83.9 Å². The van der Waals surface area contributed by atoms with E-state index in [2.05, 4.69) is 61.4 Å². The molecule has 0 amide bonds. The minimum absolute atomic E-state index is 0.0373. The van der Waals surface area contributed by atoms with Gasteiger partial charge in [0.15, 0.2) is 0 Å². The number of nitrogens with zero attached hydrogens (tertiary/aromatic N) is 3. The number of hydrogen-bond donors (Lipinski definition) is 0. The van der Waals surface area contributed by atoms with Crippen molar-refractivity contribution in [3.05, 3.63) is 106 Å². The monoisotopic (exact) mass is 379 g/mol. The smallest absolute Gasteiger partial charge is 0.276 e. The SMILES string of the molecule is Cc1ccc(Cn2ccn3nc(-c4cccc5ccccc45)cc3c2=O)cc1C. The van der Waals surface area contributed by atoms with Gasteiger partial charge in [-0.25, -0.2) is 4.52 Å². The van der Waals surface area contributed by atoms with Crippen LogP contribution in [0.3, 0.4) is 0 Å². The molecular weight excluding hydrogens is 358 g/mol. The van der Waals surface area contributed by atoms with Crippen molar-refractivity contribution in [2.45, 2.75) is 20.4 Å². The van der Waals surface area contributed by atoms with Crippen molar-refractivity contribution >= 4 is 16.3 Å². The molecule has 0 saturated heterocycles. The van der Waals surface area contributed by atoms with E-state index in [0.717, 1.165) is 27.6 Å². The maximum absolute atomic E-state index is 13.1. The predicted molar refractivity (Wildman–Crippen MR) is 117 cm³/mol.